The first-order valence-electron chi connectivity index (χ1n) is 9.38. The fourth-order valence-corrected chi connectivity index (χ4v) is 3.24. The first kappa shape index (κ1) is 17.5. The average Bonchev–Trinajstić information content (AvgIpc) is 3.26. The third kappa shape index (κ3) is 4.26. The molecule has 1 atom stereocenters. The van der Waals surface area contributed by atoms with Crippen molar-refractivity contribution in [3.05, 3.63) is 66.7 Å². The molecule has 2 aromatic carbocycles. The number of para-hydroxylation sites is 1. The Morgan fingerprint density at radius 3 is 2.48 bits per heavy atom. The SMILES string of the molecule is CN(c1ccccc1)c1cc(-c2ccccc2)nc(NCC2CCCO2)n1. The predicted molar refractivity (Wildman–Crippen MR) is 109 cm³/mol. The Hall–Kier alpha value is -2.92. The summed E-state index contributed by atoms with van der Waals surface area (Å²) in [6.45, 7) is 1.58. The van der Waals surface area contributed by atoms with Crippen molar-refractivity contribution in [3.63, 3.8) is 0 Å². The standard InChI is InChI=1S/C22H24N4O/c1-26(18-11-6-3-7-12-18)21-15-20(17-9-4-2-5-10-17)24-22(25-21)23-16-19-13-8-14-27-19/h2-7,9-12,15,19H,8,13-14,16H2,1H3,(H,23,24,25). The molecule has 2 heterocycles. The van der Waals surface area contributed by atoms with Crippen LogP contribution in [0.5, 0.6) is 0 Å². The minimum Gasteiger partial charge on any atom is -0.376 e. The van der Waals surface area contributed by atoms with E-state index in [-0.39, 0.29) is 6.10 Å². The maximum absolute atomic E-state index is 5.71. The highest BCUT2D eigenvalue weighted by atomic mass is 16.5. The summed E-state index contributed by atoms with van der Waals surface area (Å²) in [6.07, 6.45) is 2.45. The van der Waals surface area contributed by atoms with Crippen LogP contribution in [-0.2, 0) is 4.74 Å². The normalized spacial score (nSPS) is 16.3. The number of aromatic nitrogens is 2. The van der Waals surface area contributed by atoms with Gasteiger partial charge in [-0.25, -0.2) is 4.98 Å². The van der Waals surface area contributed by atoms with Crippen molar-refractivity contribution in [1.29, 1.82) is 0 Å². The van der Waals surface area contributed by atoms with Gasteiger partial charge in [-0.1, -0.05) is 48.5 Å². The number of benzene rings is 2. The predicted octanol–water partition coefficient (Wildman–Crippen LogP) is 4.50. The van der Waals surface area contributed by atoms with Crippen LogP contribution in [0.3, 0.4) is 0 Å². The first-order chi connectivity index (χ1) is 13.3. The van der Waals surface area contributed by atoms with Crippen molar-refractivity contribution < 1.29 is 4.74 Å². The molecule has 1 fully saturated rings. The third-order valence-electron chi connectivity index (χ3n) is 4.78. The molecule has 1 N–H and O–H groups in total. The molecular formula is C22H24N4O. The van der Waals surface area contributed by atoms with Gasteiger partial charge in [0.05, 0.1) is 11.8 Å². The molecule has 0 bridgehead atoms. The van der Waals surface area contributed by atoms with Crippen LogP contribution in [0.15, 0.2) is 66.7 Å². The molecule has 138 valence electrons. The van der Waals surface area contributed by atoms with Gasteiger partial charge >= 0.3 is 0 Å². The molecule has 0 aliphatic carbocycles. The topological polar surface area (TPSA) is 50.3 Å². The molecule has 1 unspecified atom stereocenters. The molecule has 5 nitrogen and oxygen atoms in total. The van der Waals surface area contributed by atoms with E-state index in [0.29, 0.717) is 5.95 Å². The minimum atomic E-state index is 0.240. The summed E-state index contributed by atoms with van der Waals surface area (Å²) in [6, 6.07) is 22.4. The Bertz CT molecular complexity index is 864. The van der Waals surface area contributed by atoms with Crippen LogP contribution in [-0.4, -0.2) is 36.3 Å². The second kappa shape index (κ2) is 8.18. The van der Waals surface area contributed by atoms with Crippen LogP contribution < -0.4 is 10.2 Å². The Labute approximate surface area is 160 Å². The van der Waals surface area contributed by atoms with E-state index in [9.17, 15) is 0 Å². The zero-order chi connectivity index (χ0) is 18.5. The molecule has 0 radical (unpaired) electrons. The number of hydrogen-bond donors (Lipinski definition) is 1. The zero-order valence-electron chi connectivity index (χ0n) is 15.5. The van der Waals surface area contributed by atoms with Gasteiger partial charge in [0, 0.05) is 37.5 Å². The largest absolute Gasteiger partial charge is 0.376 e. The lowest BCUT2D eigenvalue weighted by Gasteiger charge is -2.20. The number of nitrogens with zero attached hydrogens (tertiary/aromatic N) is 3. The molecule has 5 heteroatoms. The molecular weight excluding hydrogens is 336 g/mol. The minimum absolute atomic E-state index is 0.240. The number of nitrogens with one attached hydrogen (secondary N) is 1. The molecule has 1 aromatic heterocycles. The van der Waals surface area contributed by atoms with Crippen LogP contribution in [0.4, 0.5) is 17.5 Å². The quantitative estimate of drug-likeness (QED) is 0.701. The summed E-state index contributed by atoms with van der Waals surface area (Å²) in [5.74, 6) is 1.48. The highest BCUT2D eigenvalue weighted by molar-refractivity contribution is 5.68. The van der Waals surface area contributed by atoms with Gasteiger partial charge in [-0.2, -0.15) is 4.98 Å². The zero-order valence-corrected chi connectivity index (χ0v) is 15.5. The van der Waals surface area contributed by atoms with E-state index in [1.54, 1.807) is 0 Å². The molecule has 1 aliphatic rings. The van der Waals surface area contributed by atoms with Crippen LogP contribution in [0.25, 0.3) is 11.3 Å². The molecule has 3 aromatic rings. The molecule has 1 aliphatic heterocycles. The maximum atomic E-state index is 5.71. The summed E-state index contributed by atoms with van der Waals surface area (Å²) in [4.78, 5) is 11.6. The summed E-state index contributed by atoms with van der Waals surface area (Å²) < 4.78 is 5.71. The Morgan fingerprint density at radius 1 is 1.04 bits per heavy atom. The third-order valence-corrected chi connectivity index (χ3v) is 4.78. The van der Waals surface area contributed by atoms with E-state index in [0.717, 1.165) is 48.8 Å². The van der Waals surface area contributed by atoms with E-state index in [2.05, 4.69) is 34.5 Å². The van der Waals surface area contributed by atoms with Crippen molar-refractivity contribution >= 4 is 17.5 Å². The highest BCUT2D eigenvalue weighted by Gasteiger charge is 2.17. The van der Waals surface area contributed by atoms with Crippen molar-refractivity contribution in [3.8, 4) is 11.3 Å². The van der Waals surface area contributed by atoms with Gasteiger partial charge in [-0.05, 0) is 25.0 Å². The monoisotopic (exact) mass is 360 g/mol. The molecule has 4 rings (SSSR count). The van der Waals surface area contributed by atoms with Crippen molar-refractivity contribution in [2.75, 3.05) is 30.4 Å². The van der Waals surface area contributed by atoms with Gasteiger partial charge in [0.15, 0.2) is 0 Å². The number of rotatable bonds is 6. The fraction of sp³-hybridized carbons (Fsp3) is 0.273. The molecule has 0 amide bonds. The molecule has 0 saturated carbocycles. The molecule has 0 spiro atoms. The van der Waals surface area contributed by atoms with Gasteiger partial charge in [-0.3, -0.25) is 0 Å². The van der Waals surface area contributed by atoms with E-state index in [1.807, 2.05) is 49.5 Å². The van der Waals surface area contributed by atoms with Crippen LogP contribution in [0.1, 0.15) is 12.8 Å². The van der Waals surface area contributed by atoms with Crippen LogP contribution >= 0.6 is 0 Å². The molecule has 1 saturated heterocycles. The van der Waals surface area contributed by atoms with Crippen LogP contribution in [0.2, 0.25) is 0 Å². The smallest absolute Gasteiger partial charge is 0.225 e. The fourth-order valence-electron chi connectivity index (χ4n) is 3.24. The van der Waals surface area contributed by atoms with Gasteiger partial charge in [0.1, 0.15) is 5.82 Å². The summed E-state index contributed by atoms with van der Waals surface area (Å²) in [5, 5.41) is 3.37. The number of anilines is 3. The second-order valence-corrected chi connectivity index (χ2v) is 6.71. The first-order valence-corrected chi connectivity index (χ1v) is 9.38. The maximum Gasteiger partial charge on any atom is 0.225 e. The van der Waals surface area contributed by atoms with Crippen molar-refractivity contribution in [2.24, 2.45) is 0 Å². The van der Waals surface area contributed by atoms with E-state index >= 15 is 0 Å². The Morgan fingerprint density at radius 2 is 1.78 bits per heavy atom. The second-order valence-electron chi connectivity index (χ2n) is 6.71. The lowest BCUT2D eigenvalue weighted by atomic mass is 10.1. The van der Waals surface area contributed by atoms with Crippen molar-refractivity contribution in [1.82, 2.24) is 9.97 Å². The highest BCUT2D eigenvalue weighted by Crippen LogP contribution is 2.27. The van der Waals surface area contributed by atoms with Gasteiger partial charge < -0.3 is 15.0 Å². The molecule has 27 heavy (non-hydrogen) atoms. The van der Waals surface area contributed by atoms with E-state index in [1.165, 1.54) is 0 Å². The van der Waals surface area contributed by atoms with Crippen molar-refractivity contribution in [2.45, 2.75) is 18.9 Å². The Kier molecular flexibility index (Phi) is 5.30. The Balaban J connectivity index is 1.65. The summed E-state index contributed by atoms with van der Waals surface area (Å²) in [7, 11) is 2.02. The van der Waals surface area contributed by atoms with Gasteiger partial charge in [0.2, 0.25) is 5.95 Å². The lowest BCUT2D eigenvalue weighted by Crippen LogP contribution is -2.20. The number of hydrogen-bond acceptors (Lipinski definition) is 5. The average molecular weight is 360 g/mol. The number of ether oxygens (including phenoxy) is 1. The summed E-state index contributed by atoms with van der Waals surface area (Å²) in [5.41, 5.74) is 3.06. The van der Waals surface area contributed by atoms with Crippen LogP contribution in [0, 0.1) is 0 Å². The van der Waals surface area contributed by atoms with Gasteiger partial charge in [0.25, 0.3) is 0 Å². The van der Waals surface area contributed by atoms with E-state index in [4.69, 9.17) is 14.7 Å². The van der Waals surface area contributed by atoms with Gasteiger partial charge in [-0.15, -0.1) is 0 Å². The lowest BCUT2D eigenvalue weighted by molar-refractivity contribution is 0.120. The summed E-state index contributed by atoms with van der Waals surface area (Å²) >= 11 is 0. The van der Waals surface area contributed by atoms with E-state index < -0.39 is 0 Å².